The summed E-state index contributed by atoms with van der Waals surface area (Å²) in [7, 11) is 0. The first-order valence-electron chi connectivity index (χ1n) is 6.64. The molecule has 0 saturated heterocycles. The molecule has 2 N–H and O–H groups in total. The van der Waals surface area contributed by atoms with E-state index in [1.807, 2.05) is 20.8 Å². The number of nitrogens with one attached hydrogen (secondary N) is 2. The van der Waals surface area contributed by atoms with Crippen LogP contribution in [-0.4, -0.2) is 35.1 Å². The van der Waals surface area contributed by atoms with Crippen LogP contribution in [0.4, 0.5) is 5.95 Å². The Morgan fingerprint density at radius 3 is 2.95 bits per heavy atom. The van der Waals surface area contributed by atoms with Crippen molar-refractivity contribution in [3.63, 3.8) is 0 Å². The molecule has 1 atom stereocenters. The molecule has 6 nitrogen and oxygen atoms in total. The van der Waals surface area contributed by atoms with E-state index in [-0.39, 0.29) is 11.9 Å². The van der Waals surface area contributed by atoms with Gasteiger partial charge in [-0.25, -0.2) is 4.98 Å². The van der Waals surface area contributed by atoms with Crippen molar-refractivity contribution >= 4 is 11.9 Å². The highest BCUT2D eigenvalue weighted by atomic mass is 16.5. The van der Waals surface area contributed by atoms with Gasteiger partial charge in [-0.1, -0.05) is 6.92 Å². The maximum absolute atomic E-state index is 11.6. The fourth-order valence-corrected chi connectivity index (χ4v) is 1.39. The Balaban J connectivity index is 2.32. The van der Waals surface area contributed by atoms with Crippen LogP contribution in [0, 0.1) is 0 Å². The lowest BCUT2D eigenvalue weighted by molar-refractivity contribution is -0.121. The quantitative estimate of drug-likeness (QED) is 0.747. The summed E-state index contributed by atoms with van der Waals surface area (Å²) >= 11 is 0. The van der Waals surface area contributed by atoms with Gasteiger partial charge in [0.1, 0.15) is 0 Å². The molecule has 0 aromatic carbocycles. The second kappa shape index (κ2) is 8.29. The lowest BCUT2D eigenvalue weighted by Gasteiger charge is -2.11. The fraction of sp³-hybridized carbons (Fsp3) is 0.615. The third-order valence-corrected chi connectivity index (χ3v) is 2.58. The van der Waals surface area contributed by atoms with Gasteiger partial charge in [-0.3, -0.25) is 4.79 Å². The highest BCUT2D eigenvalue weighted by Crippen LogP contribution is 2.07. The molecule has 6 heteroatoms. The molecule has 0 spiro atoms. The normalized spacial score (nSPS) is 11.7. The number of aromatic nitrogens is 2. The smallest absolute Gasteiger partial charge is 0.225 e. The highest BCUT2D eigenvalue weighted by Gasteiger charge is 2.05. The van der Waals surface area contributed by atoms with Gasteiger partial charge >= 0.3 is 0 Å². The zero-order chi connectivity index (χ0) is 14.1. The minimum Gasteiger partial charge on any atom is -0.478 e. The number of anilines is 1. The average Bonchev–Trinajstić information content (AvgIpc) is 2.39. The van der Waals surface area contributed by atoms with Crippen LogP contribution in [0.15, 0.2) is 12.3 Å². The minimum absolute atomic E-state index is 0.0304. The number of rotatable bonds is 8. The van der Waals surface area contributed by atoms with E-state index in [1.165, 1.54) is 0 Å². The van der Waals surface area contributed by atoms with Crippen LogP contribution in [0.25, 0.3) is 0 Å². The first-order chi connectivity index (χ1) is 9.15. The van der Waals surface area contributed by atoms with Gasteiger partial charge in [0.15, 0.2) is 0 Å². The van der Waals surface area contributed by atoms with E-state index in [9.17, 15) is 4.79 Å². The summed E-state index contributed by atoms with van der Waals surface area (Å²) in [6, 6.07) is 1.91. The van der Waals surface area contributed by atoms with Gasteiger partial charge in [-0.2, -0.15) is 4.98 Å². The number of nitrogens with zero attached hydrogens (tertiary/aromatic N) is 2. The number of ether oxygens (including phenoxy) is 1. The third-order valence-electron chi connectivity index (χ3n) is 2.58. The van der Waals surface area contributed by atoms with E-state index < -0.39 is 0 Å². The predicted molar refractivity (Wildman–Crippen MR) is 74.2 cm³/mol. The molecule has 1 unspecified atom stereocenters. The van der Waals surface area contributed by atoms with Crippen molar-refractivity contribution in [2.45, 2.75) is 39.7 Å². The summed E-state index contributed by atoms with van der Waals surface area (Å²) in [5.74, 6) is 1.04. The van der Waals surface area contributed by atoms with E-state index in [0.717, 1.165) is 6.42 Å². The Morgan fingerprint density at radius 1 is 1.47 bits per heavy atom. The van der Waals surface area contributed by atoms with E-state index in [0.29, 0.717) is 31.4 Å². The predicted octanol–water partition coefficient (Wildman–Crippen LogP) is 1.59. The summed E-state index contributed by atoms with van der Waals surface area (Å²) in [6.45, 7) is 6.98. The van der Waals surface area contributed by atoms with Gasteiger partial charge in [-0.15, -0.1) is 0 Å². The number of carbonyl (C=O) groups is 1. The van der Waals surface area contributed by atoms with Crippen molar-refractivity contribution in [1.29, 1.82) is 0 Å². The third kappa shape index (κ3) is 6.03. The number of carbonyl (C=O) groups excluding carboxylic acids is 1. The Morgan fingerprint density at radius 2 is 2.26 bits per heavy atom. The summed E-state index contributed by atoms with van der Waals surface area (Å²) in [6.07, 6.45) is 2.95. The van der Waals surface area contributed by atoms with Gasteiger partial charge in [-0.05, 0) is 20.3 Å². The Labute approximate surface area is 114 Å². The van der Waals surface area contributed by atoms with Crippen molar-refractivity contribution in [3.8, 4) is 5.88 Å². The topological polar surface area (TPSA) is 76.1 Å². The first-order valence-corrected chi connectivity index (χ1v) is 6.64. The van der Waals surface area contributed by atoms with E-state index >= 15 is 0 Å². The molecule has 1 rings (SSSR count). The van der Waals surface area contributed by atoms with Crippen LogP contribution in [-0.2, 0) is 4.79 Å². The van der Waals surface area contributed by atoms with Crippen LogP contribution in [0.3, 0.4) is 0 Å². The van der Waals surface area contributed by atoms with E-state index in [4.69, 9.17) is 4.74 Å². The largest absolute Gasteiger partial charge is 0.478 e. The first kappa shape index (κ1) is 15.2. The SMILES string of the molecule is CCOc1ccnc(NCCC(=O)NC(C)CC)n1. The molecule has 0 radical (unpaired) electrons. The summed E-state index contributed by atoms with van der Waals surface area (Å²) in [4.78, 5) is 19.8. The Bertz CT molecular complexity index is 398. The molecule has 1 aromatic heterocycles. The van der Waals surface area contributed by atoms with E-state index in [1.54, 1.807) is 12.3 Å². The molecular weight excluding hydrogens is 244 g/mol. The van der Waals surface area contributed by atoms with Crippen molar-refractivity contribution in [2.24, 2.45) is 0 Å². The molecule has 0 bridgehead atoms. The molecule has 0 saturated carbocycles. The summed E-state index contributed by atoms with van der Waals surface area (Å²) < 4.78 is 5.27. The fourth-order valence-electron chi connectivity index (χ4n) is 1.39. The average molecular weight is 266 g/mol. The monoisotopic (exact) mass is 266 g/mol. The van der Waals surface area contributed by atoms with Crippen molar-refractivity contribution in [2.75, 3.05) is 18.5 Å². The Kier molecular flexibility index (Phi) is 6.63. The highest BCUT2D eigenvalue weighted by molar-refractivity contribution is 5.76. The molecule has 1 heterocycles. The molecule has 0 aliphatic heterocycles. The Hall–Kier alpha value is -1.85. The maximum atomic E-state index is 11.6. The molecular formula is C13H22N4O2. The van der Waals surface area contributed by atoms with Gasteiger partial charge in [0.25, 0.3) is 0 Å². The lowest BCUT2D eigenvalue weighted by atomic mass is 10.2. The number of amides is 1. The summed E-state index contributed by atoms with van der Waals surface area (Å²) in [5, 5.41) is 5.91. The second-order valence-electron chi connectivity index (χ2n) is 4.21. The van der Waals surface area contributed by atoms with Gasteiger partial charge in [0, 0.05) is 31.3 Å². The van der Waals surface area contributed by atoms with Gasteiger partial charge < -0.3 is 15.4 Å². The molecule has 1 aromatic rings. The molecule has 19 heavy (non-hydrogen) atoms. The zero-order valence-electron chi connectivity index (χ0n) is 11.8. The van der Waals surface area contributed by atoms with Crippen molar-refractivity contribution in [3.05, 3.63) is 12.3 Å². The number of hydrogen-bond acceptors (Lipinski definition) is 5. The van der Waals surface area contributed by atoms with Crippen LogP contribution in [0.1, 0.15) is 33.6 Å². The molecule has 106 valence electrons. The van der Waals surface area contributed by atoms with Crippen molar-refractivity contribution in [1.82, 2.24) is 15.3 Å². The summed E-state index contributed by atoms with van der Waals surface area (Å²) in [5.41, 5.74) is 0. The second-order valence-corrected chi connectivity index (χ2v) is 4.21. The standard InChI is InChI=1S/C13H22N4O2/c1-4-10(3)16-11(18)6-8-14-13-15-9-7-12(17-13)19-5-2/h7,9-10H,4-6,8H2,1-3H3,(H,16,18)(H,14,15,17). The molecule has 0 aliphatic carbocycles. The van der Waals surface area contributed by atoms with Gasteiger partial charge in [0.2, 0.25) is 17.7 Å². The van der Waals surface area contributed by atoms with Crippen LogP contribution in [0.5, 0.6) is 5.88 Å². The van der Waals surface area contributed by atoms with Crippen molar-refractivity contribution < 1.29 is 9.53 Å². The minimum atomic E-state index is 0.0304. The lowest BCUT2D eigenvalue weighted by Crippen LogP contribution is -2.33. The maximum Gasteiger partial charge on any atom is 0.225 e. The molecule has 0 aliphatic rings. The van der Waals surface area contributed by atoms with Crippen LogP contribution < -0.4 is 15.4 Å². The van der Waals surface area contributed by atoms with Gasteiger partial charge in [0.05, 0.1) is 6.61 Å². The molecule has 1 amide bonds. The van der Waals surface area contributed by atoms with Crippen LogP contribution >= 0.6 is 0 Å². The van der Waals surface area contributed by atoms with E-state index in [2.05, 4.69) is 20.6 Å². The molecule has 0 fully saturated rings. The van der Waals surface area contributed by atoms with Crippen LogP contribution in [0.2, 0.25) is 0 Å². The zero-order valence-corrected chi connectivity index (χ0v) is 11.8. The number of hydrogen-bond donors (Lipinski definition) is 2.